The van der Waals surface area contributed by atoms with Gasteiger partial charge in [0.25, 0.3) is 0 Å². The number of hydrogen-bond donors (Lipinski definition) is 0. The number of aliphatic imine (C=N–C) groups is 1. The first kappa shape index (κ1) is 16.8. The maximum Gasteiger partial charge on any atom is 0.166 e. The van der Waals surface area contributed by atoms with Crippen molar-refractivity contribution < 1.29 is 5.21 Å². The first-order valence-corrected chi connectivity index (χ1v) is 7.70. The van der Waals surface area contributed by atoms with Gasteiger partial charge in [-0.25, -0.2) is 4.99 Å². The highest BCUT2D eigenvalue weighted by atomic mass is 16.5. The van der Waals surface area contributed by atoms with Gasteiger partial charge in [0.15, 0.2) is 5.66 Å². The number of hydrogen-bond acceptors (Lipinski definition) is 4. The summed E-state index contributed by atoms with van der Waals surface area (Å²) < 4.78 is 0. The lowest BCUT2D eigenvalue weighted by molar-refractivity contribution is -0.256. The van der Waals surface area contributed by atoms with Crippen LogP contribution >= 0.6 is 0 Å². The Labute approximate surface area is 133 Å². The summed E-state index contributed by atoms with van der Waals surface area (Å²) in [5.41, 5.74) is 0.579. The molecule has 22 heavy (non-hydrogen) atoms. The summed E-state index contributed by atoms with van der Waals surface area (Å²) in [4.78, 5) is 8.85. The van der Waals surface area contributed by atoms with Crippen LogP contribution in [0.15, 0.2) is 29.3 Å². The molecule has 0 spiro atoms. The Balaban J connectivity index is 2.53. The number of amidine groups is 1. The second-order valence-electron chi connectivity index (χ2n) is 6.79. The average molecular weight is 303 g/mol. The van der Waals surface area contributed by atoms with Gasteiger partial charge in [-0.15, -0.1) is 10.3 Å². The quantitative estimate of drug-likeness (QED) is 0.862. The van der Waals surface area contributed by atoms with E-state index >= 15 is 0 Å². The molecule has 0 saturated heterocycles. The third-order valence-electron chi connectivity index (χ3n) is 4.44. The van der Waals surface area contributed by atoms with Crippen molar-refractivity contribution in [2.24, 2.45) is 4.99 Å². The van der Waals surface area contributed by atoms with E-state index < -0.39 is 11.2 Å². The third kappa shape index (κ3) is 2.38. The van der Waals surface area contributed by atoms with Gasteiger partial charge in [0.1, 0.15) is 11.4 Å². The van der Waals surface area contributed by atoms with Crippen LogP contribution in [-0.4, -0.2) is 49.5 Å². The molecule has 1 radical (unpaired) electrons. The second-order valence-corrected chi connectivity index (χ2v) is 6.79. The van der Waals surface area contributed by atoms with Gasteiger partial charge in [0.2, 0.25) is 0 Å². The number of hydroxylamine groups is 2. The fraction of sp³-hybridized carbons (Fsp3) is 0.588. The van der Waals surface area contributed by atoms with E-state index in [1.54, 1.807) is 0 Å². The van der Waals surface area contributed by atoms with Crippen molar-refractivity contribution in [2.45, 2.75) is 38.4 Å². The van der Waals surface area contributed by atoms with Crippen LogP contribution in [0.25, 0.3) is 0 Å². The molecule has 121 valence electrons. The van der Waals surface area contributed by atoms with Crippen LogP contribution in [0.4, 0.5) is 5.69 Å². The molecule has 1 aromatic rings. The largest absolute Gasteiger partial charge is 0.378 e. The molecular formula is C17H27N4O. The number of likely N-dealkylation sites (N-methyl/N-ethyl adjacent to an activating group) is 1. The number of rotatable bonds is 3. The number of anilines is 1. The molecule has 0 fully saturated rings. The van der Waals surface area contributed by atoms with E-state index in [1.807, 2.05) is 83.0 Å². The lowest BCUT2D eigenvalue weighted by Crippen LogP contribution is -2.52. The average Bonchev–Trinajstić information content (AvgIpc) is 2.68. The third-order valence-corrected chi connectivity index (χ3v) is 4.44. The van der Waals surface area contributed by atoms with Crippen molar-refractivity contribution >= 4 is 11.5 Å². The van der Waals surface area contributed by atoms with Gasteiger partial charge in [0, 0.05) is 33.9 Å². The van der Waals surface area contributed by atoms with Crippen LogP contribution in [0, 0.1) is 0 Å². The predicted molar refractivity (Wildman–Crippen MR) is 90.5 cm³/mol. The van der Waals surface area contributed by atoms with Crippen LogP contribution in [0.1, 0.15) is 32.8 Å². The Bertz CT molecular complexity index is 563. The Morgan fingerprint density at radius 2 is 1.59 bits per heavy atom. The fourth-order valence-corrected chi connectivity index (χ4v) is 3.19. The summed E-state index contributed by atoms with van der Waals surface area (Å²) in [5.74, 6) is 0.820. The highest BCUT2D eigenvalue weighted by Gasteiger charge is 2.54. The molecule has 1 unspecified atom stereocenters. The van der Waals surface area contributed by atoms with Crippen LogP contribution < -0.4 is 4.90 Å². The van der Waals surface area contributed by atoms with Gasteiger partial charge in [-0.3, -0.25) is 0 Å². The van der Waals surface area contributed by atoms with Gasteiger partial charge >= 0.3 is 0 Å². The van der Waals surface area contributed by atoms with E-state index in [1.165, 1.54) is 0 Å². The first-order chi connectivity index (χ1) is 10.2. The van der Waals surface area contributed by atoms with Crippen LogP contribution in [-0.2, 0) is 10.9 Å². The molecule has 1 aromatic carbocycles. The van der Waals surface area contributed by atoms with Crippen molar-refractivity contribution in [1.82, 2.24) is 9.96 Å². The number of nitrogens with zero attached hydrogens (tertiary/aromatic N) is 4. The molecule has 0 bridgehead atoms. The van der Waals surface area contributed by atoms with E-state index in [0.29, 0.717) is 6.42 Å². The normalized spacial score (nSPS) is 24.3. The molecule has 0 N–H and O–H groups in total. The zero-order chi connectivity index (χ0) is 16.7. The van der Waals surface area contributed by atoms with Crippen LogP contribution in [0.2, 0.25) is 0 Å². The van der Waals surface area contributed by atoms with Crippen molar-refractivity contribution in [3.8, 4) is 0 Å². The molecule has 5 heteroatoms. The minimum Gasteiger partial charge on any atom is -0.378 e. The molecule has 1 aliphatic heterocycles. The van der Waals surface area contributed by atoms with Crippen LogP contribution in [0.5, 0.6) is 0 Å². The minimum atomic E-state index is -0.839. The smallest absolute Gasteiger partial charge is 0.166 e. The van der Waals surface area contributed by atoms with E-state index in [9.17, 15) is 5.21 Å². The molecule has 5 nitrogen and oxygen atoms in total. The van der Waals surface area contributed by atoms with E-state index in [0.717, 1.165) is 22.1 Å². The molecule has 0 aliphatic carbocycles. The topological polar surface area (TPSA) is 42.0 Å². The molecule has 2 rings (SSSR count). The first-order valence-electron chi connectivity index (χ1n) is 7.70. The van der Waals surface area contributed by atoms with Gasteiger partial charge in [-0.05, 0) is 38.0 Å². The van der Waals surface area contributed by atoms with Crippen molar-refractivity contribution in [3.63, 3.8) is 0 Å². The summed E-state index contributed by atoms with van der Waals surface area (Å²) >= 11 is 0. The molecule has 0 saturated carbocycles. The van der Waals surface area contributed by atoms with E-state index in [4.69, 9.17) is 4.99 Å². The molecule has 1 heterocycles. The standard InChI is InChI=1S/C17H27N4O/c1-8-17(13-9-11-14(12-10-13)19(4)5)18-15(20(6)7)16(2,3)21(17)22/h9-12H,8H2,1-7H3. The molecule has 1 aliphatic rings. The summed E-state index contributed by atoms with van der Waals surface area (Å²) in [6.07, 6.45) is 0.637. The van der Waals surface area contributed by atoms with E-state index in [2.05, 4.69) is 0 Å². The Morgan fingerprint density at radius 1 is 1.05 bits per heavy atom. The summed E-state index contributed by atoms with van der Waals surface area (Å²) in [6, 6.07) is 8.11. The molecule has 0 amide bonds. The highest BCUT2D eigenvalue weighted by molar-refractivity contribution is 5.92. The van der Waals surface area contributed by atoms with Gasteiger partial charge in [-0.1, -0.05) is 19.1 Å². The van der Waals surface area contributed by atoms with Crippen molar-refractivity contribution in [3.05, 3.63) is 29.8 Å². The number of benzene rings is 1. The van der Waals surface area contributed by atoms with Gasteiger partial charge in [-0.2, -0.15) is 0 Å². The summed E-state index contributed by atoms with van der Waals surface area (Å²) in [7, 11) is 7.89. The van der Waals surface area contributed by atoms with Crippen molar-refractivity contribution in [1.29, 1.82) is 0 Å². The SMILES string of the molecule is CCC1(c2ccc(N(C)C)cc2)N=C(N(C)C)C(C)(C)N1[O]. The summed E-state index contributed by atoms with van der Waals surface area (Å²) in [6.45, 7) is 5.89. The zero-order valence-corrected chi connectivity index (χ0v) is 14.7. The zero-order valence-electron chi connectivity index (χ0n) is 14.7. The maximum atomic E-state index is 13.1. The van der Waals surface area contributed by atoms with Gasteiger partial charge in [0.05, 0.1) is 0 Å². The van der Waals surface area contributed by atoms with Gasteiger partial charge < -0.3 is 9.80 Å². The monoisotopic (exact) mass is 303 g/mol. The summed E-state index contributed by atoms with van der Waals surface area (Å²) in [5, 5.41) is 14.2. The Morgan fingerprint density at radius 3 is 1.95 bits per heavy atom. The fourth-order valence-electron chi connectivity index (χ4n) is 3.19. The van der Waals surface area contributed by atoms with E-state index in [-0.39, 0.29) is 0 Å². The van der Waals surface area contributed by atoms with Crippen LogP contribution in [0.3, 0.4) is 0 Å². The Hall–Kier alpha value is -1.59. The highest BCUT2D eigenvalue weighted by Crippen LogP contribution is 2.44. The predicted octanol–water partition coefficient (Wildman–Crippen LogP) is 2.72. The van der Waals surface area contributed by atoms with Crippen molar-refractivity contribution in [2.75, 3.05) is 33.1 Å². The molecule has 1 atom stereocenters. The lowest BCUT2D eigenvalue weighted by Gasteiger charge is -2.36. The maximum absolute atomic E-state index is 13.1. The second kappa shape index (κ2) is 5.56. The lowest BCUT2D eigenvalue weighted by atomic mass is 9.94. The molecular weight excluding hydrogens is 276 g/mol. The minimum absolute atomic E-state index is 0.637. The Kier molecular flexibility index (Phi) is 4.24. The molecule has 0 aromatic heterocycles.